The van der Waals surface area contributed by atoms with Crippen LogP contribution in [0.1, 0.15) is 41.6 Å². The number of carbonyl (C=O) groups is 1. The minimum Gasteiger partial charge on any atom is -0.456 e. The van der Waals surface area contributed by atoms with E-state index in [2.05, 4.69) is 0 Å². The van der Waals surface area contributed by atoms with E-state index in [1.54, 1.807) is 12.3 Å². The van der Waals surface area contributed by atoms with Crippen LogP contribution in [0.2, 0.25) is 0 Å². The maximum atomic E-state index is 11.7. The van der Waals surface area contributed by atoms with Crippen LogP contribution in [0.3, 0.4) is 0 Å². The first-order chi connectivity index (χ1) is 6.85. The number of carbonyl (C=O) groups excluding carboxylic acids is 1. The normalized spacial score (nSPS) is 10.9. The van der Waals surface area contributed by atoms with Gasteiger partial charge in [0, 0.05) is 5.38 Å². The molecule has 3 nitrogen and oxygen atoms in total. The molecule has 0 saturated carbocycles. The van der Waals surface area contributed by atoms with E-state index in [9.17, 15) is 4.79 Å². The molecule has 0 aliphatic carbocycles. The Labute approximate surface area is 93.3 Å². The summed E-state index contributed by atoms with van der Waals surface area (Å²) in [6.07, 6.45) is 0. The first kappa shape index (κ1) is 11.7. The molecule has 0 unspecified atom stereocenters. The van der Waals surface area contributed by atoms with Gasteiger partial charge in [-0.2, -0.15) is 5.26 Å². The summed E-state index contributed by atoms with van der Waals surface area (Å²) in [5.74, 6) is -0.355. The predicted octanol–water partition coefficient (Wildman–Crippen LogP) is 2.88. The third-order valence-corrected chi connectivity index (χ3v) is 2.81. The summed E-state index contributed by atoms with van der Waals surface area (Å²) in [4.78, 5) is 12.2. The fraction of sp³-hybridized carbons (Fsp3) is 0.455. The Bertz CT molecular complexity index is 421. The summed E-state index contributed by atoms with van der Waals surface area (Å²) in [6, 6.07) is 2.04. The van der Waals surface area contributed by atoms with Crippen LogP contribution in [-0.2, 0) is 4.74 Å². The molecule has 0 N–H and O–H groups in total. The van der Waals surface area contributed by atoms with Gasteiger partial charge in [-0.25, -0.2) is 4.79 Å². The molecule has 0 aliphatic heterocycles. The van der Waals surface area contributed by atoms with Crippen molar-refractivity contribution in [3.8, 4) is 6.07 Å². The lowest BCUT2D eigenvalue weighted by Crippen LogP contribution is -2.23. The maximum Gasteiger partial charge on any atom is 0.349 e. The second-order valence-corrected chi connectivity index (χ2v) is 5.10. The molecular weight excluding hydrogens is 210 g/mol. The highest BCUT2D eigenvalue weighted by molar-refractivity contribution is 7.12. The number of esters is 1. The van der Waals surface area contributed by atoms with E-state index in [4.69, 9.17) is 10.00 Å². The molecule has 1 aromatic rings. The Balaban J connectivity index is 2.94. The number of thiophene rings is 1. The molecule has 0 bridgehead atoms. The van der Waals surface area contributed by atoms with Crippen LogP contribution in [0.5, 0.6) is 0 Å². The van der Waals surface area contributed by atoms with Gasteiger partial charge in [0.05, 0.1) is 5.56 Å². The van der Waals surface area contributed by atoms with Crippen LogP contribution in [0.4, 0.5) is 0 Å². The third kappa shape index (κ3) is 2.80. The molecular formula is C11H13NO2S. The van der Waals surface area contributed by atoms with E-state index in [0.717, 1.165) is 0 Å². The van der Waals surface area contributed by atoms with E-state index in [1.807, 2.05) is 26.8 Å². The molecule has 15 heavy (non-hydrogen) atoms. The van der Waals surface area contributed by atoms with Crippen molar-refractivity contribution in [3.63, 3.8) is 0 Å². The molecule has 0 aromatic carbocycles. The highest BCUT2D eigenvalue weighted by Gasteiger charge is 2.21. The number of rotatable bonds is 1. The van der Waals surface area contributed by atoms with Gasteiger partial charge in [-0.1, -0.05) is 0 Å². The Morgan fingerprint density at radius 1 is 1.53 bits per heavy atom. The van der Waals surface area contributed by atoms with Crippen LogP contribution < -0.4 is 0 Å². The van der Waals surface area contributed by atoms with Gasteiger partial charge in [0.25, 0.3) is 0 Å². The zero-order valence-corrected chi connectivity index (χ0v) is 10.1. The van der Waals surface area contributed by atoms with E-state index in [0.29, 0.717) is 16.0 Å². The lowest BCUT2D eigenvalue weighted by Gasteiger charge is -2.19. The van der Waals surface area contributed by atoms with Crippen molar-refractivity contribution < 1.29 is 9.53 Å². The van der Waals surface area contributed by atoms with Gasteiger partial charge in [0.1, 0.15) is 16.5 Å². The van der Waals surface area contributed by atoms with Crippen molar-refractivity contribution in [3.05, 3.63) is 21.4 Å². The fourth-order valence-electron chi connectivity index (χ4n) is 1.05. The molecule has 1 aromatic heterocycles. The summed E-state index contributed by atoms with van der Waals surface area (Å²) < 4.78 is 5.22. The van der Waals surface area contributed by atoms with E-state index in [-0.39, 0.29) is 5.97 Å². The lowest BCUT2D eigenvalue weighted by molar-refractivity contribution is 0.00745. The second kappa shape index (κ2) is 4.03. The Kier molecular flexibility index (Phi) is 3.15. The molecule has 0 fully saturated rings. The zero-order valence-electron chi connectivity index (χ0n) is 9.25. The van der Waals surface area contributed by atoms with Gasteiger partial charge in [0.15, 0.2) is 0 Å². The van der Waals surface area contributed by atoms with Crippen molar-refractivity contribution in [2.24, 2.45) is 0 Å². The van der Waals surface area contributed by atoms with Crippen LogP contribution >= 0.6 is 11.3 Å². The third-order valence-electron chi connectivity index (χ3n) is 1.74. The number of nitrogens with zero attached hydrogens (tertiary/aromatic N) is 1. The number of ether oxygens (including phenoxy) is 1. The average molecular weight is 223 g/mol. The summed E-state index contributed by atoms with van der Waals surface area (Å²) in [7, 11) is 0. The van der Waals surface area contributed by atoms with Crippen LogP contribution in [0.25, 0.3) is 0 Å². The first-order valence-corrected chi connectivity index (χ1v) is 5.44. The second-order valence-electron chi connectivity index (χ2n) is 4.22. The molecule has 1 heterocycles. The highest BCUT2D eigenvalue weighted by Crippen LogP contribution is 2.23. The topological polar surface area (TPSA) is 50.1 Å². The van der Waals surface area contributed by atoms with Gasteiger partial charge < -0.3 is 4.74 Å². The first-order valence-electron chi connectivity index (χ1n) is 4.56. The number of hydrogen-bond donors (Lipinski definition) is 0. The van der Waals surface area contributed by atoms with Crippen molar-refractivity contribution in [1.82, 2.24) is 0 Å². The van der Waals surface area contributed by atoms with Crippen molar-refractivity contribution in [1.29, 1.82) is 5.26 Å². The summed E-state index contributed by atoms with van der Waals surface area (Å²) >= 11 is 1.25. The van der Waals surface area contributed by atoms with Gasteiger partial charge in [0.2, 0.25) is 0 Å². The summed E-state index contributed by atoms with van der Waals surface area (Å²) in [5.41, 5.74) is 0.748. The highest BCUT2D eigenvalue weighted by atomic mass is 32.1. The monoisotopic (exact) mass is 223 g/mol. The van der Waals surface area contributed by atoms with Crippen LogP contribution in [-0.4, -0.2) is 11.6 Å². The molecule has 0 spiro atoms. The minimum absolute atomic E-state index is 0.355. The van der Waals surface area contributed by atoms with Gasteiger partial charge in [-0.15, -0.1) is 11.3 Å². The SMILES string of the molecule is Cc1c(C#N)csc1C(=O)OC(C)(C)C. The van der Waals surface area contributed by atoms with Crippen LogP contribution in [0.15, 0.2) is 5.38 Å². The molecule has 0 radical (unpaired) electrons. The molecule has 0 amide bonds. The minimum atomic E-state index is -0.500. The van der Waals surface area contributed by atoms with E-state index < -0.39 is 5.60 Å². The fourth-order valence-corrected chi connectivity index (χ4v) is 1.94. The summed E-state index contributed by atoms with van der Waals surface area (Å²) in [6.45, 7) is 7.21. The molecule has 4 heteroatoms. The molecule has 0 atom stereocenters. The molecule has 0 saturated heterocycles. The van der Waals surface area contributed by atoms with Crippen molar-refractivity contribution in [2.75, 3.05) is 0 Å². The molecule has 1 rings (SSSR count). The Morgan fingerprint density at radius 3 is 2.53 bits per heavy atom. The maximum absolute atomic E-state index is 11.7. The average Bonchev–Trinajstić information content (AvgIpc) is 2.43. The number of hydrogen-bond acceptors (Lipinski definition) is 4. The quantitative estimate of drug-likeness (QED) is 0.688. The van der Waals surface area contributed by atoms with Gasteiger partial charge >= 0.3 is 5.97 Å². The predicted molar refractivity (Wildman–Crippen MR) is 58.9 cm³/mol. The van der Waals surface area contributed by atoms with Gasteiger partial charge in [-0.3, -0.25) is 0 Å². The van der Waals surface area contributed by atoms with Crippen LogP contribution in [0, 0.1) is 18.3 Å². The van der Waals surface area contributed by atoms with Crippen molar-refractivity contribution in [2.45, 2.75) is 33.3 Å². The zero-order chi connectivity index (χ0) is 11.6. The molecule has 80 valence electrons. The van der Waals surface area contributed by atoms with E-state index in [1.165, 1.54) is 11.3 Å². The number of nitriles is 1. The summed E-state index contributed by atoms with van der Waals surface area (Å²) in [5, 5.41) is 10.4. The Morgan fingerprint density at radius 2 is 2.13 bits per heavy atom. The standard InChI is InChI=1S/C11H13NO2S/c1-7-8(5-12)6-15-9(7)10(13)14-11(2,3)4/h6H,1-4H3. The van der Waals surface area contributed by atoms with Gasteiger partial charge in [-0.05, 0) is 33.3 Å². The molecule has 0 aliphatic rings. The van der Waals surface area contributed by atoms with E-state index >= 15 is 0 Å². The largest absolute Gasteiger partial charge is 0.456 e. The smallest absolute Gasteiger partial charge is 0.349 e. The van der Waals surface area contributed by atoms with Crippen molar-refractivity contribution >= 4 is 17.3 Å². The lowest BCUT2D eigenvalue weighted by atomic mass is 10.1. The Hall–Kier alpha value is -1.34.